The van der Waals surface area contributed by atoms with E-state index in [1.54, 1.807) is 7.11 Å². The third-order valence-electron chi connectivity index (χ3n) is 3.88. The smallest absolute Gasteiger partial charge is 0.222 e. The third kappa shape index (κ3) is 4.03. The van der Waals surface area contributed by atoms with Gasteiger partial charge in [0.05, 0.1) is 12.1 Å². The lowest BCUT2D eigenvalue weighted by Gasteiger charge is -2.36. The van der Waals surface area contributed by atoms with Crippen LogP contribution in [0, 0.1) is 0 Å². The fourth-order valence-corrected chi connectivity index (χ4v) is 2.80. The first kappa shape index (κ1) is 16.0. The summed E-state index contributed by atoms with van der Waals surface area (Å²) >= 11 is 6.17. The molecule has 1 fully saturated rings. The number of hydrogen-bond donors (Lipinski definition) is 0. The molecule has 0 bridgehead atoms. The van der Waals surface area contributed by atoms with E-state index in [0.717, 1.165) is 44.7 Å². The van der Waals surface area contributed by atoms with Gasteiger partial charge in [0.1, 0.15) is 5.75 Å². The molecule has 1 aromatic carbocycles. The highest BCUT2D eigenvalue weighted by molar-refractivity contribution is 6.32. The third-order valence-corrected chi connectivity index (χ3v) is 4.17. The Balaban J connectivity index is 1.91. The van der Waals surface area contributed by atoms with Crippen molar-refractivity contribution in [1.82, 2.24) is 4.90 Å². The minimum atomic E-state index is 0.282. The number of unbranched alkanes of at least 4 members (excludes halogenated alkanes) is 1. The van der Waals surface area contributed by atoms with Gasteiger partial charge in [-0.15, -0.1) is 0 Å². The summed E-state index contributed by atoms with van der Waals surface area (Å²) in [5.74, 6) is 0.970. The van der Waals surface area contributed by atoms with Gasteiger partial charge in [-0.05, 0) is 24.6 Å². The number of carbonyl (C=O) groups is 1. The molecule has 21 heavy (non-hydrogen) atoms. The maximum atomic E-state index is 12.0. The van der Waals surface area contributed by atoms with E-state index in [1.165, 1.54) is 0 Å². The Hall–Kier alpha value is -1.42. The molecule has 5 heteroatoms. The molecule has 1 aliphatic heterocycles. The van der Waals surface area contributed by atoms with Crippen LogP contribution in [0.3, 0.4) is 0 Å². The predicted octanol–water partition coefficient (Wildman–Crippen LogP) is 3.19. The summed E-state index contributed by atoms with van der Waals surface area (Å²) in [7, 11) is 1.61. The molecule has 1 heterocycles. The van der Waals surface area contributed by atoms with E-state index in [1.807, 2.05) is 23.1 Å². The van der Waals surface area contributed by atoms with Crippen molar-refractivity contribution in [1.29, 1.82) is 0 Å². The molecule has 4 nitrogen and oxygen atoms in total. The number of rotatable bonds is 5. The number of carbonyl (C=O) groups excluding carboxylic acids is 1. The Morgan fingerprint density at radius 1 is 1.29 bits per heavy atom. The quantitative estimate of drug-likeness (QED) is 0.837. The maximum absolute atomic E-state index is 12.0. The highest BCUT2D eigenvalue weighted by atomic mass is 35.5. The van der Waals surface area contributed by atoms with Crippen LogP contribution in [0.5, 0.6) is 5.75 Å². The number of benzene rings is 1. The van der Waals surface area contributed by atoms with E-state index in [0.29, 0.717) is 17.2 Å². The average molecular weight is 311 g/mol. The van der Waals surface area contributed by atoms with Crippen molar-refractivity contribution in [2.24, 2.45) is 0 Å². The van der Waals surface area contributed by atoms with Gasteiger partial charge in [0.2, 0.25) is 5.91 Å². The molecular weight excluding hydrogens is 288 g/mol. The topological polar surface area (TPSA) is 32.8 Å². The first-order chi connectivity index (χ1) is 10.2. The van der Waals surface area contributed by atoms with Crippen molar-refractivity contribution in [2.45, 2.75) is 26.2 Å². The van der Waals surface area contributed by atoms with Gasteiger partial charge in [0, 0.05) is 38.3 Å². The van der Waals surface area contributed by atoms with Crippen LogP contribution in [0.2, 0.25) is 5.02 Å². The van der Waals surface area contributed by atoms with E-state index in [-0.39, 0.29) is 5.91 Å². The molecule has 0 atom stereocenters. The van der Waals surface area contributed by atoms with Crippen LogP contribution in [0.15, 0.2) is 18.2 Å². The standard InChI is InChI=1S/C16H23ClN2O2/c1-3-4-5-16(20)19-10-8-18(9-11-19)13-6-7-15(21-2)14(17)12-13/h6-7,12H,3-5,8-11H2,1-2H3. The zero-order valence-corrected chi connectivity index (χ0v) is 13.5. The molecular formula is C16H23ClN2O2. The summed E-state index contributed by atoms with van der Waals surface area (Å²) in [6.45, 7) is 5.37. The van der Waals surface area contributed by atoms with Gasteiger partial charge in [-0.1, -0.05) is 24.9 Å². The summed E-state index contributed by atoms with van der Waals surface area (Å²) in [4.78, 5) is 16.2. The minimum absolute atomic E-state index is 0.282. The Morgan fingerprint density at radius 3 is 2.57 bits per heavy atom. The summed E-state index contributed by atoms with van der Waals surface area (Å²) in [6.07, 6.45) is 2.72. The SMILES string of the molecule is CCCCC(=O)N1CCN(c2ccc(OC)c(Cl)c2)CC1. The second-order valence-electron chi connectivity index (χ2n) is 5.29. The van der Waals surface area contributed by atoms with Gasteiger partial charge in [0.15, 0.2) is 0 Å². The molecule has 0 saturated carbocycles. The second kappa shape index (κ2) is 7.55. The molecule has 1 saturated heterocycles. The fourth-order valence-electron chi connectivity index (χ4n) is 2.55. The second-order valence-corrected chi connectivity index (χ2v) is 5.70. The number of halogens is 1. The van der Waals surface area contributed by atoms with Crippen molar-refractivity contribution in [2.75, 3.05) is 38.2 Å². The lowest BCUT2D eigenvalue weighted by atomic mass is 10.2. The predicted molar refractivity (Wildman–Crippen MR) is 86.3 cm³/mol. The Bertz CT molecular complexity index is 485. The summed E-state index contributed by atoms with van der Waals surface area (Å²) in [6, 6.07) is 5.82. The van der Waals surface area contributed by atoms with Crippen LogP contribution in [0.1, 0.15) is 26.2 Å². The van der Waals surface area contributed by atoms with Gasteiger partial charge >= 0.3 is 0 Å². The first-order valence-electron chi connectivity index (χ1n) is 7.52. The lowest BCUT2D eigenvalue weighted by molar-refractivity contribution is -0.131. The van der Waals surface area contributed by atoms with Gasteiger partial charge in [0.25, 0.3) is 0 Å². The van der Waals surface area contributed by atoms with Crippen LogP contribution in [-0.4, -0.2) is 44.1 Å². The monoisotopic (exact) mass is 310 g/mol. The fraction of sp³-hybridized carbons (Fsp3) is 0.562. The molecule has 0 aromatic heterocycles. The van der Waals surface area contributed by atoms with Gasteiger partial charge in [-0.2, -0.15) is 0 Å². The van der Waals surface area contributed by atoms with Crippen molar-refractivity contribution < 1.29 is 9.53 Å². The molecule has 0 unspecified atom stereocenters. The first-order valence-corrected chi connectivity index (χ1v) is 7.89. The van der Waals surface area contributed by atoms with Gasteiger partial charge in [-0.25, -0.2) is 0 Å². The van der Waals surface area contributed by atoms with E-state index < -0.39 is 0 Å². The van der Waals surface area contributed by atoms with E-state index >= 15 is 0 Å². The number of hydrogen-bond acceptors (Lipinski definition) is 3. The van der Waals surface area contributed by atoms with Gasteiger partial charge < -0.3 is 14.5 Å². The normalized spacial score (nSPS) is 15.2. The lowest BCUT2D eigenvalue weighted by Crippen LogP contribution is -2.48. The molecule has 116 valence electrons. The molecule has 1 aliphatic rings. The molecule has 0 radical (unpaired) electrons. The van der Waals surface area contributed by atoms with Crippen LogP contribution in [-0.2, 0) is 4.79 Å². The highest BCUT2D eigenvalue weighted by Gasteiger charge is 2.21. The minimum Gasteiger partial charge on any atom is -0.495 e. The van der Waals surface area contributed by atoms with E-state index in [2.05, 4.69) is 11.8 Å². The van der Waals surface area contributed by atoms with Crippen molar-refractivity contribution in [3.63, 3.8) is 0 Å². The number of piperazine rings is 1. The highest BCUT2D eigenvalue weighted by Crippen LogP contribution is 2.29. The van der Waals surface area contributed by atoms with Crippen LogP contribution in [0.4, 0.5) is 5.69 Å². The summed E-state index contributed by atoms with van der Waals surface area (Å²) in [5, 5.41) is 0.622. The zero-order valence-electron chi connectivity index (χ0n) is 12.8. The average Bonchev–Trinajstić information content (AvgIpc) is 2.52. The summed E-state index contributed by atoms with van der Waals surface area (Å²) in [5.41, 5.74) is 1.08. The largest absolute Gasteiger partial charge is 0.495 e. The number of amides is 1. The Labute approximate surface area is 131 Å². The molecule has 1 aromatic rings. The number of ether oxygens (including phenoxy) is 1. The Morgan fingerprint density at radius 2 is 2.00 bits per heavy atom. The summed E-state index contributed by atoms with van der Waals surface area (Å²) < 4.78 is 5.17. The van der Waals surface area contributed by atoms with Crippen molar-refractivity contribution >= 4 is 23.2 Å². The van der Waals surface area contributed by atoms with Crippen molar-refractivity contribution in [3.05, 3.63) is 23.2 Å². The number of methoxy groups -OCH3 is 1. The number of anilines is 1. The maximum Gasteiger partial charge on any atom is 0.222 e. The Kier molecular flexibility index (Phi) is 5.74. The molecule has 2 rings (SSSR count). The van der Waals surface area contributed by atoms with Crippen LogP contribution >= 0.6 is 11.6 Å². The molecule has 0 spiro atoms. The molecule has 0 aliphatic carbocycles. The van der Waals surface area contributed by atoms with E-state index in [4.69, 9.17) is 16.3 Å². The zero-order chi connectivity index (χ0) is 15.2. The molecule has 1 amide bonds. The number of nitrogens with zero attached hydrogens (tertiary/aromatic N) is 2. The van der Waals surface area contributed by atoms with Gasteiger partial charge in [-0.3, -0.25) is 4.79 Å². The van der Waals surface area contributed by atoms with Crippen molar-refractivity contribution in [3.8, 4) is 5.75 Å². The molecule has 0 N–H and O–H groups in total. The van der Waals surface area contributed by atoms with E-state index in [9.17, 15) is 4.79 Å². The van der Waals surface area contributed by atoms with Crippen LogP contribution in [0.25, 0.3) is 0 Å². The van der Waals surface area contributed by atoms with Crippen LogP contribution < -0.4 is 9.64 Å².